The smallest absolute Gasteiger partial charge is 0.335 e. The second-order valence-corrected chi connectivity index (χ2v) is 9.38. The molecule has 4 aromatic rings. The molecule has 0 radical (unpaired) electrons. The number of carbonyl (C=O) groups excluding carboxylic acids is 2. The fraction of sp³-hybridized carbons (Fsp3) is 0.143. The van der Waals surface area contributed by atoms with Gasteiger partial charge >= 0.3 is 5.97 Å². The van der Waals surface area contributed by atoms with E-state index in [0.717, 1.165) is 5.56 Å². The van der Waals surface area contributed by atoms with Gasteiger partial charge in [-0.05, 0) is 71.0 Å². The number of halogens is 1. The highest BCUT2D eigenvalue weighted by Crippen LogP contribution is 2.35. The molecule has 2 N–H and O–H groups in total. The third-order valence-corrected chi connectivity index (χ3v) is 6.80. The highest BCUT2D eigenvalue weighted by molar-refractivity contribution is 6.30. The summed E-state index contributed by atoms with van der Waals surface area (Å²) in [5.74, 6) is -1.97. The van der Waals surface area contributed by atoms with E-state index in [1.54, 1.807) is 29.2 Å². The van der Waals surface area contributed by atoms with Gasteiger partial charge in [0.15, 0.2) is 0 Å². The minimum Gasteiger partial charge on any atom is -0.478 e. The molecule has 2 heterocycles. The summed E-state index contributed by atoms with van der Waals surface area (Å²) in [5.41, 5.74) is 2.77. The number of hydrogen-bond acceptors (Lipinski definition) is 6. The van der Waals surface area contributed by atoms with Gasteiger partial charge in [0.2, 0.25) is 11.8 Å². The van der Waals surface area contributed by atoms with Crippen LogP contribution in [0.4, 0.5) is 5.69 Å². The Hall–Kier alpha value is -4.83. The van der Waals surface area contributed by atoms with Crippen LogP contribution in [-0.4, -0.2) is 60.6 Å². The van der Waals surface area contributed by atoms with Gasteiger partial charge in [-0.1, -0.05) is 41.9 Å². The maximum atomic E-state index is 13.6. The normalized spacial score (nSPS) is 16.9. The number of tetrazole rings is 1. The average molecular weight is 543 g/mol. The first kappa shape index (κ1) is 25.8. The van der Waals surface area contributed by atoms with Crippen LogP contribution in [0.5, 0.6) is 0 Å². The number of aromatic nitrogens is 4. The summed E-state index contributed by atoms with van der Waals surface area (Å²) >= 11 is 6.20. The standard InChI is InChI=1S/C28H23ClN6O4/c29-21-9-12-24(35-17-30-32-33-35)20(16-21)8-13-25(36)34-15-14-23(18-4-2-1-3-5-18)26(34)27(37)31-22-10-6-19(7-11-22)28(38)39/h1-13,16-17,23,26H,14-15H2,(H,31,37)(H,38,39)/b13-8+/t23-,26+/m1/s1. The van der Waals surface area contributed by atoms with Gasteiger partial charge in [0.1, 0.15) is 12.4 Å². The average Bonchev–Trinajstić information content (AvgIpc) is 3.63. The maximum absolute atomic E-state index is 13.6. The van der Waals surface area contributed by atoms with Crippen LogP contribution in [0.15, 0.2) is 85.2 Å². The minimum absolute atomic E-state index is 0.111. The number of anilines is 1. The van der Waals surface area contributed by atoms with Crippen molar-refractivity contribution in [3.8, 4) is 5.69 Å². The van der Waals surface area contributed by atoms with E-state index in [0.29, 0.717) is 34.9 Å². The van der Waals surface area contributed by atoms with Gasteiger partial charge in [0, 0.05) is 34.8 Å². The lowest BCUT2D eigenvalue weighted by Gasteiger charge is -2.27. The number of aromatic carboxylic acids is 1. The zero-order chi connectivity index (χ0) is 27.4. The van der Waals surface area contributed by atoms with E-state index in [4.69, 9.17) is 16.7 Å². The van der Waals surface area contributed by atoms with Crippen LogP contribution in [0.2, 0.25) is 5.02 Å². The van der Waals surface area contributed by atoms with E-state index in [2.05, 4.69) is 20.8 Å². The lowest BCUT2D eigenvalue weighted by molar-refractivity contribution is -0.133. The van der Waals surface area contributed by atoms with Gasteiger partial charge in [-0.3, -0.25) is 9.59 Å². The lowest BCUT2D eigenvalue weighted by atomic mass is 9.91. The molecule has 11 heteroatoms. The number of carbonyl (C=O) groups is 3. The fourth-order valence-electron chi connectivity index (χ4n) is 4.72. The van der Waals surface area contributed by atoms with Gasteiger partial charge in [-0.25, -0.2) is 4.79 Å². The van der Waals surface area contributed by atoms with Gasteiger partial charge in [0.05, 0.1) is 11.3 Å². The van der Waals surface area contributed by atoms with Crippen LogP contribution < -0.4 is 5.32 Å². The van der Waals surface area contributed by atoms with Gasteiger partial charge in [-0.15, -0.1) is 5.10 Å². The molecule has 1 aliphatic heterocycles. The minimum atomic E-state index is -1.06. The Bertz CT molecular complexity index is 1520. The Balaban J connectivity index is 1.42. The molecule has 1 aromatic heterocycles. The van der Waals surface area contributed by atoms with E-state index in [1.807, 2.05) is 30.3 Å². The van der Waals surface area contributed by atoms with Crippen molar-refractivity contribution < 1.29 is 19.5 Å². The van der Waals surface area contributed by atoms with E-state index in [-0.39, 0.29) is 23.3 Å². The number of likely N-dealkylation sites (tertiary alicyclic amines) is 1. The summed E-state index contributed by atoms with van der Waals surface area (Å²) in [4.78, 5) is 39.8. The second kappa shape index (κ2) is 11.3. The molecule has 0 aliphatic carbocycles. The van der Waals surface area contributed by atoms with Crippen LogP contribution in [0.1, 0.15) is 33.8 Å². The molecule has 0 saturated carbocycles. The molecule has 1 fully saturated rings. The van der Waals surface area contributed by atoms with Crippen LogP contribution in [0.25, 0.3) is 11.8 Å². The molecule has 0 bridgehead atoms. The third kappa shape index (κ3) is 5.70. The molecule has 196 valence electrons. The Morgan fingerprint density at radius 1 is 1.03 bits per heavy atom. The molecule has 2 amide bonds. The first-order valence-electron chi connectivity index (χ1n) is 12.1. The number of benzene rings is 3. The summed E-state index contributed by atoms with van der Waals surface area (Å²) in [6.07, 6.45) is 5.08. The summed E-state index contributed by atoms with van der Waals surface area (Å²) < 4.78 is 1.47. The first-order valence-corrected chi connectivity index (χ1v) is 12.5. The number of rotatable bonds is 7. The SMILES string of the molecule is O=C(O)c1ccc(NC(=O)[C@@H]2[C@@H](c3ccccc3)CCN2C(=O)/C=C/c2cc(Cl)ccc2-n2cnnn2)cc1. The summed E-state index contributed by atoms with van der Waals surface area (Å²) in [6, 6.07) is 19.9. The van der Waals surface area contributed by atoms with Crippen molar-refractivity contribution in [3.05, 3.63) is 107 Å². The van der Waals surface area contributed by atoms with Crippen LogP contribution in [0, 0.1) is 0 Å². The molecule has 5 rings (SSSR count). The van der Waals surface area contributed by atoms with E-state index >= 15 is 0 Å². The summed E-state index contributed by atoms with van der Waals surface area (Å²) in [6.45, 7) is 0.383. The molecule has 10 nitrogen and oxygen atoms in total. The quantitative estimate of drug-likeness (QED) is 0.337. The van der Waals surface area contributed by atoms with E-state index < -0.39 is 12.0 Å². The van der Waals surface area contributed by atoms with Crippen molar-refractivity contribution in [2.75, 3.05) is 11.9 Å². The summed E-state index contributed by atoms with van der Waals surface area (Å²) in [7, 11) is 0. The number of carboxylic acid groups (broad SMARTS) is 1. The van der Waals surface area contributed by atoms with Crippen LogP contribution >= 0.6 is 11.6 Å². The molecule has 1 saturated heterocycles. The Morgan fingerprint density at radius 3 is 2.49 bits per heavy atom. The largest absolute Gasteiger partial charge is 0.478 e. The molecule has 2 atom stereocenters. The predicted octanol–water partition coefficient (Wildman–Crippen LogP) is 4.05. The van der Waals surface area contributed by atoms with Crippen molar-refractivity contribution in [2.45, 2.75) is 18.4 Å². The van der Waals surface area contributed by atoms with Crippen molar-refractivity contribution in [1.82, 2.24) is 25.1 Å². The first-order chi connectivity index (χ1) is 18.9. The topological polar surface area (TPSA) is 130 Å². The van der Waals surface area contributed by atoms with Gasteiger partial charge < -0.3 is 15.3 Å². The van der Waals surface area contributed by atoms with Gasteiger partial charge in [0.25, 0.3) is 0 Å². The van der Waals surface area contributed by atoms with Crippen molar-refractivity contribution in [3.63, 3.8) is 0 Å². The number of hydrogen-bond donors (Lipinski definition) is 2. The number of nitrogens with one attached hydrogen (secondary N) is 1. The molecular formula is C28H23ClN6O4. The molecule has 3 aromatic carbocycles. The lowest BCUT2D eigenvalue weighted by Crippen LogP contribution is -2.44. The number of amides is 2. The third-order valence-electron chi connectivity index (χ3n) is 6.57. The van der Waals surface area contributed by atoms with Crippen molar-refractivity contribution in [2.24, 2.45) is 0 Å². The Labute approximate surface area is 228 Å². The van der Waals surface area contributed by atoms with Crippen molar-refractivity contribution in [1.29, 1.82) is 0 Å². The van der Waals surface area contributed by atoms with Crippen LogP contribution in [-0.2, 0) is 9.59 Å². The zero-order valence-electron chi connectivity index (χ0n) is 20.5. The fourth-order valence-corrected chi connectivity index (χ4v) is 4.90. The zero-order valence-corrected chi connectivity index (χ0v) is 21.3. The molecule has 39 heavy (non-hydrogen) atoms. The maximum Gasteiger partial charge on any atom is 0.335 e. The van der Waals surface area contributed by atoms with E-state index in [1.165, 1.54) is 41.4 Å². The summed E-state index contributed by atoms with van der Waals surface area (Å²) in [5, 5.41) is 23.7. The number of nitrogens with zero attached hydrogens (tertiary/aromatic N) is 5. The van der Waals surface area contributed by atoms with E-state index in [9.17, 15) is 14.4 Å². The second-order valence-electron chi connectivity index (χ2n) is 8.94. The monoisotopic (exact) mass is 542 g/mol. The molecular weight excluding hydrogens is 520 g/mol. The molecule has 0 spiro atoms. The Kier molecular flexibility index (Phi) is 7.46. The number of carboxylic acids is 1. The van der Waals surface area contributed by atoms with Gasteiger partial charge in [-0.2, -0.15) is 4.68 Å². The van der Waals surface area contributed by atoms with Crippen molar-refractivity contribution >= 4 is 41.1 Å². The highest BCUT2D eigenvalue weighted by Gasteiger charge is 2.42. The molecule has 1 aliphatic rings. The Morgan fingerprint density at radius 2 is 1.79 bits per heavy atom. The van der Waals surface area contributed by atoms with Crippen LogP contribution in [0.3, 0.4) is 0 Å². The molecule has 0 unspecified atom stereocenters. The predicted molar refractivity (Wildman–Crippen MR) is 145 cm³/mol. The highest BCUT2D eigenvalue weighted by atomic mass is 35.5.